The minimum absolute atomic E-state index is 0.180. The van der Waals surface area contributed by atoms with Crippen molar-refractivity contribution in [3.8, 4) is 0 Å². The quantitative estimate of drug-likeness (QED) is 0.778. The Labute approximate surface area is 115 Å². The number of allylic oxidation sites excluding steroid dienone is 1. The molecule has 0 aliphatic carbocycles. The molecule has 5 heteroatoms. The summed E-state index contributed by atoms with van der Waals surface area (Å²) in [7, 11) is 1.29. The monoisotopic (exact) mass is 283 g/mol. The Morgan fingerprint density at radius 1 is 1.33 bits per heavy atom. The molecule has 0 spiro atoms. The number of ether oxygens (including phenoxy) is 1. The van der Waals surface area contributed by atoms with Gasteiger partial charge in [0, 0.05) is 6.21 Å². The molecule has 3 nitrogen and oxygen atoms in total. The third-order valence-electron chi connectivity index (χ3n) is 2.87. The molecule has 1 aliphatic rings. The van der Waals surface area contributed by atoms with E-state index >= 15 is 0 Å². The molecule has 0 aromatic heterocycles. The first-order chi connectivity index (χ1) is 8.48. The van der Waals surface area contributed by atoms with Gasteiger partial charge in [-0.1, -0.05) is 29.3 Å². The average molecular weight is 284 g/mol. The lowest BCUT2D eigenvalue weighted by molar-refractivity contribution is 0.0601. The number of nitrogens with zero attached hydrogens (tertiary/aromatic N) is 1. The molecular formula is C13H11Cl2NO2. The van der Waals surface area contributed by atoms with Crippen LogP contribution in [0.25, 0.3) is 0 Å². The predicted molar refractivity (Wildman–Crippen MR) is 72.8 cm³/mol. The van der Waals surface area contributed by atoms with Crippen molar-refractivity contribution in [2.24, 2.45) is 4.99 Å². The lowest BCUT2D eigenvalue weighted by Gasteiger charge is -2.20. The topological polar surface area (TPSA) is 38.7 Å². The van der Waals surface area contributed by atoms with Gasteiger partial charge in [-0.05, 0) is 30.7 Å². The van der Waals surface area contributed by atoms with Crippen LogP contribution in [-0.4, -0.2) is 19.3 Å². The summed E-state index contributed by atoms with van der Waals surface area (Å²) in [5.74, 6) is -0.549. The largest absolute Gasteiger partial charge is 0.465 e. The number of rotatable bonds is 2. The Balaban J connectivity index is 2.53. The van der Waals surface area contributed by atoms with Gasteiger partial charge in [-0.3, -0.25) is 4.99 Å². The Morgan fingerprint density at radius 2 is 1.94 bits per heavy atom. The predicted octanol–water partition coefficient (Wildman–Crippen LogP) is 3.64. The first-order valence-corrected chi connectivity index (χ1v) is 6.04. The van der Waals surface area contributed by atoms with Gasteiger partial charge >= 0.3 is 5.97 Å². The van der Waals surface area contributed by atoms with Crippen LogP contribution in [0.15, 0.2) is 29.3 Å². The van der Waals surface area contributed by atoms with Gasteiger partial charge in [0.1, 0.15) is 5.54 Å². The number of esters is 1. The summed E-state index contributed by atoms with van der Waals surface area (Å²) in [5.41, 5.74) is 0.524. The zero-order valence-electron chi connectivity index (χ0n) is 9.91. The van der Waals surface area contributed by atoms with Gasteiger partial charge < -0.3 is 4.74 Å². The standard InChI is InChI=1S/C13H11Cl2NO2/c1-13(4-3-5-16-13)8-6-9(14)11(10(15)7-8)12(17)18-2/h3-7H,1-2H3. The maximum atomic E-state index is 11.5. The smallest absolute Gasteiger partial charge is 0.340 e. The zero-order valence-corrected chi connectivity index (χ0v) is 11.4. The van der Waals surface area contributed by atoms with Gasteiger partial charge in [0.15, 0.2) is 0 Å². The highest BCUT2D eigenvalue weighted by Crippen LogP contribution is 2.36. The molecule has 0 saturated heterocycles. The SMILES string of the molecule is COC(=O)c1c(Cl)cc(C2(C)C=CC=N2)cc1Cl. The molecule has 1 aromatic carbocycles. The molecule has 1 unspecified atom stereocenters. The second-order valence-electron chi connectivity index (χ2n) is 4.09. The van der Waals surface area contributed by atoms with Crippen LogP contribution in [0.4, 0.5) is 0 Å². The van der Waals surface area contributed by atoms with E-state index in [-0.39, 0.29) is 15.6 Å². The summed E-state index contributed by atoms with van der Waals surface area (Å²) >= 11 is 12.2. The van der Waals surface area contributed by atoms with E-state index < -0.39 is 11.5 Å². The van der Waals surface area contributed by atoms with Gasteiger partial charge in [-0.15, -0.1) is 0 Å². The summed E-state index contributed by atoms with van der Waals surface area (Å²) in [6, 6.07) is 3.37. The van der Waals surface area contributed by atoms with Crippen molar-refractivity contribution in [3.05, 3.63) is 45.5 Å². The molecule has 1 atom stereocenters. The molecule has 18 heavy (non-hydrogen) atoms. The molecule has 0 fully saturated rings. The van der Waals surface area contributed by atoms with Gasteiger partial charge in [-0.25, -0.2) is 4.79 Å². The Kier molecular flexibility index (Phi) is 3.46. The van der Waals surface area contributed by atoms with E-state index in [0.717, 1.165) is 5.56 Å². The van der Waals surface area contributed by atoms with Crippen molar-refractivity contribution in [3.63, 3.8) is 0 Å². The van der Waals surface area contributed by atoms with Crippen molar-refractivity contribution < 1.29 is 9.53 Å². The molecule has 0 bridgehead atoms. The van der Waals surface area contributed by atoms with Crippen LogP contribution in [0.5, 0.6) is 0 Å². The van der Waals surface area contributed by atoms with E-state index in [4.69, 9.17) is 23.2 Å². The van der Waals surface area contributed by atoms with Gasteiger partial charge in [0.05, 0.1) is 22.7 Å². The molecule has 94 valence electrons. The molecule has 1 aromatic rings. The van der Waals surface area contributed by atoms with Gasteiger partial charge in [0.25, 0.3) is 0 Å². The molecule has 0 radical (unpaired) electrons. The highest BCUT2D eigenvalue weighted by Gasteiger charge is 2.27. The minimum atomic E-state index is -0.549. The summed E-state index contributed by atoms with van der Waals surface area (Å²) in [4.78, 5) is 15.9. The third-order valence-corrected chi connectivity index (χ3v) is 3.46. The van der Waals surface area contributed by atoms with Crippen molar-refractivity contribution in [2.75, 3.05) is 7.11 Å². The lowest BCUT2D eigenvalue weighted by Crippen LogP contribution is -2.14. The van der Waals surface area contributed by atoms with E-state index in [1.165, 1.54) is 7.11 Å². The van der Waals surface area contributed by atoms with Crippen LogP contribution in [0.2, 0.25) is 10.0 Å². The first-order valence-electron chi connectivity index (χ1n) is 5.29. The molecule has 0 amide bonds. The minimum Gasteiger partial charge on any atom is -0.465 e. The normalized spacial score (nSPS) is 21.3. The summed E-state index contributed by atoms with van der Waals surface area (Å²) in [6.45, 7) is 1.94. The number of halogens is 2. The maximum absolute atomic E-state index is 11.5. The number of hydrogen-bond donors (Lipinski definition) is 0. The van der Waals surface area contributed by atoms with Crippen LogP contribution in [0, 0.1) is 0 Å². The zero-order chi connectivity index (χ0) is 13.3. The summed E-state index contributed by atoms with van der Waals surface area (Å²) in [6.07, 6.45) is 5.51. The fourth-order valence-corrected chi connectivity index (χ4v) is 2.45. The number of hydrogen-bond acceptors (Lipinski definition) is 3. The first kappa shape index (κ1) is 13.1. The van der Waals surface area contributed by atoms with Crippen molar-refractivity contribution >= 4 is 35.4 Å². The Morgan fingerprint density at radius 3 is 2.39 bits per heavy atom. The third kappa shape index (κ3) is 2.16. The van der Waals surface area contributed by atoms with Crippen LogP contribution >= 0.6 is 23.2 Å². The lowest BCUT2D eigenvalue weighted by atomic mass is 9.92. The van der Waals surface area contributed by atoms with Crippen molar-refractivity contribution in [1.82, 2.24) is 0 Å². The van der Waals surface area contributed by atoms with Crippen molar-refractivity contribution in [1.29, 1.82) is 0 Å². The number of methoxy groups -OCH3 is 1. The number of carbonyl (C=O) groups excluding carboxylic acids is 1. The van der Waals surface area contributed by atoms with Gasteiger partial charge in [-0.2, -0.15) is 0 Å². The molecular weight excluding hydrogens is 273 g/mol. The van der Waals surface area contributed by atoms with E-state index in [1.807, 2.05) is 19.1 Å². The number of benzene rings is 1. The van der Waals surface area contributed by atoms with Crippen LogP contribution < -0.4 is 0 Å². The molecule has 0 N–H and O–H groups in total. The van der Waals surface area contributed by atoms with Crippen LogP contribution in [0.1, 0.15) is 22.8 Å². The number of aliphatic imine (C=N–C) groups is 1. The Hall–Kier alpha value is -1.32. The molecule has 2 rings (SSSR count). The van der Waals surface area contributed by atoms with Crippen LogP contribution in [-0.2, 0) is 10.3 Å². The second kappa shape index (κ2) is 4.75. The van der Waals surface area contributed by atoms with Gasteiger partial charge in [0.2, 0.25) is 0 Å². The van der Waals surface area contributed by atoms with E-state index in [2.05, 4.69) is 9.73 Å². The van der Waals surface area contributed by atoms with Crippen LogP contribution in [0.3, 0.4) is 0 Å². The summed E-state index contributed by atoms with van der Waals surface area (Å²) < 4.78 is 4.64. The van der Waals surface area contributed by atoms with E-state index in [9.17, 15) is 4.79 Å². The highest BCUT2D eigenvalue weighted by atomic mass is 35.5. The second-order valence-corrected chi connectivity index (χ2v) is 4.91. The molecule has 1 heterocycles. The fraction of sp³-hybridized carbons (Fsp3) is 0.231. The van der Waals surface area contributed by atoms with Crippen molar-refractivity contribution in [2.45, 2.75) is 12.5 Å². The van der Waals surface area contributed by atoms with E-state index in [1.54, 1.807) is 18.3 Å². The maximum Gasteiger partial charge on any atom is 0.340 e. The number of carbonyl (C=O) groups is 1. The molecule has 0 saturated carbocycles. The Bertz CT molecular complexity index is 529. The fourth-order valence-electron chi connectivity index (χ4n) is 1.80. The highest BCUT2D eigenvalue weighted by molar-refractivity contribution is 6.39. The molecule has 1 aliphatic heterocycles. The van der Waals surface area contributed by atoms with E-state index in [0.29, 0.717) is 0 Å². The summed E-state index contributed by atoms with van der Waals surface area (Å²) in [5, 5.41) is 0.530. The average Bonchev–Trinajstić information content (AvgIpc) is 2.76.